The molecule has 2 amide bonds. The van der Waals surface area contributed by atoms with Gasteiger partial charge in [-0.1, -0.05) is 30.7 Å². The summed E-state index contributed by atoms with van der Waals surface area (Å²) in [6.45, 7) is 3.90. The summed E-state index contributed by atoms with van der Waals surface area (Å²) >= 11 is 6.02. The molecular formula is C17H18ClN3O2. The molecule has 0 spiro atoms. The highest BCUT2D eigenvalue weighted by molar-refractivity contribution is 6.33. The molecule has 0 aliphatic heterocycles. The topological polar surface area (TPSA) is 71.1 Å². The molecule has 120 valence electrons. The number of hydrogen-bond donors (Lipinski definition) is 2. The van der Waals surface area contributed by atoms with Crippen LogP contribution in [0.25, 0.3) is 0 Å². The van der Waals surface area contributed by atoms with Gasteiger partial charge in [0.1, 0.15) is 0 Å². The number of halogens is 1. The molecule has 23 heavy (non-hydrogen) atoms. The second kappa shape index (κ2) is 7.74. The van der Waals surface area contributed by atoms with Gasteiger partial charge in [0.2, 0.25) is 0 Å². The number of rotatable bonds is 5. The fourth-order valence-corrected chi connectivity index (χ4v) is 2.04. The summed E-state index contributed by atoms with van der Waals surface area (Å²) in [4.78, 5) is 28.3. The Kier molecular flexibility index (Phi) is 5.71. The van der Waals surface area contributed by atoms with Crippen LogP contribution in [0.3, 0.4) is 0 Å². The monoisotopic (exact) mass is 331 g/mol. The van der Waals surface area contributed by atoms with Crippen LogP contribution in [-0.4, -0.2) is 22.8 Å². The van der Waals surface area contributed by atoms with Crippen molar-refractivity contribution in [1.29, 1.82) is 0 Å². The number of nitrogens with one attached hydrogen (secondary N) is 2. The van der Waals surface area contributed by atoms with Gasteiger partial charge in [-0.25, -0.2) is 0 Å². The highest BCUT2D eigenvalue weighted by atomic mass is 35.5. The van der Waals surface area contributed by atoms with E-state index in [4.69, 9.17) is 11.6 Å². The molecule has 6 heteroatoms. The number of nitrogens with zero attached hydrogens (tertiary/aromatic N) is 1. The molecular weight excluding hydrogens is 314 g/mol. The third kappa shape index (κ3) is 4.53. The first-order valence-electron chi connectivity index (χ1n) is 7.33. The first-order valence-corrected chi connectivity index (χ1v) is 7.71. The van der Waals surface area contributed by atoms with E-state index in [0.29, 0.717) is 21.8 Å². The van der Waals surface area contributed by atoms with Crippen molar-refractivity contribution in [3.8, 4) is 0 Å². The van der Waals surface area contributed by atoms with Crippen molar-refractivity contribution in [2.24, 2.45) is 0 Å². The molecule has 2 aromatic rings. The molecule has 2 N–H and O–H groups in total. The molecule has 1 aromatic carbocycles. The van der Waals surface area contributed by atoms with E-state index >= 15 is 0 Å². The first kappa shape index (κ1) is 17.0. The normalized spacial score (nSPS) is 11.6. The zero-order valence-electron chi connectivity index (χ0n) is 13.0. The minimum absolute atomic E-state index is 0.0584. The van der Waals surface area contributed by atoms with Crippen molar-refractivity contribution in [2.45, 2.75) is 26.3 Å². The highest BCUT2D eigenvalue weighted by Crippen LogP contribution is 2.21. The Bertz CT molecular complexity index is 718. The Morgan fingerprint density at radius 2 is 1.83 bits per heavy atom. The van der Waals surface area contributed by atoms with E-state index in [0.717, 1.165) is 6.42 Å². The van der Waals surface area contributed by atoms with Crippen LogP contribution in [0.2, 0.25) is 5.02 Å². The molecule has 0 bridgehead atoms. The lowest BCUT2D eigenvalue weighted by Crippen LogP contribution is -2.32. The summed E-state index contributed by atoms with van der Waals surface area (Å²) in [5.41, 5.74) is 1.15. The van der Waals surface area contributed by atoms with Crippen LogP contribution in [-0.2, 0) is 0 Å². The van der Waals surface area contributed by atoms with Crippen molar-refractivity contribution in [3.63, 3.8) is 0 Å². The van der Waals surface area contributed by atoms with Crippen molar-refractivity contribution in [3.05, 3.63) is 58.9 Å². The van der Waals surface area contributed by atoms with Crippen LogP contribution in [0.15, 0.2) is 42.7 Å². The maximum Gasteiger partial charge on any atom is 0.257 e. The zero-order chi connectivity index (χ0) is 16.8. The lowest BCUT2D eigenvalue weighted by molar-refractivity contribution is 0.0939. The number of benzene rings is 1. The third-order valence-electron chi connectivity index (χ3n) is 3.37. The number of amides is 2. The first-order chi connectivity index (χ1) is 11.0. The van der Waals surface area contributed by atoms with E-state index in [1.54, 1.807) is 24.3 Å². The molecule has 0 saturated carbocycles. The summed E-state index contributed by atoms with van der Waals surface area (Å²) in [5.74, 6) is -0.622. The van der Waals surface area contributed by atoms with Crippen LogP contribution in [0.5, 0.6) is 0 Å². The van der Waals surface area contributed by atoms with Crippen LogP contribution in [0.1, 0.15) is 41.0 Å². The van der Waals surface area contributed by atoms with Crippen molar-refractivity contribution < 1.29 is 9.59 Å². The molecule has 1 unspecified atom stereocenters. The van der Waals surface area contributed by atoms with Gasteiger partial charge in [0.05, 0.1) is 21.8 Å². The number of hydrogen-bond acceptors (Lipinski definition) is 3. The predicted octanol–water partition coefficient (Wildman–Crippen LogP) is 3.52. The fourth-order valence-electron chi connectivity index (χ4n) is 1.85. The van der Waals surface area contributed by atoms with Gasteiger partial charge in [0, 0.05) is 18.4 Å². The SMILES string of the molecule is CCC(C)NC(=O)c1cncc(C(=O)Nc2ccccc2Cl)c1. The van der Waals surface area contributed by atoms with Crippen LogP contribution in [0.4, 0.5) is 5.69 Å². The van der Waals surface area contributed by atoms with E-state index in [-0.39, 0.29) is 17.9 Å². The number of carbonyl (C=O) groups is 2. The van der Waals surface area contributed by atoms with E-state index in [1.807, 2.05) is 13.8 Å². The largest absolute Gasteiger partial charge is 0.350 e. The smallest absolute Gasteiger partial charge is 0.257 e. The Hall–Kier alpha value is -2.40. The standard InChI is InChI=1S/C17H18ClN3O2/c1-3-11(2)20-16(22)12-8-13(10-19-9-12)17(23)21-15-7-5-4-6-14(15)18/h4-11H,3H2,1-2H3,(H,20,22)(H,21,23). The molecule has 5 nitrogen and oxygen atoms in total. The zero-order valence-corrected chi connectivity index (χ0v) is 13.7. The van der Waals surface area contributed by atoms with Crippen LogP contribution in [0, 0.1) is 0 Å². The summed E-state index contributed by atoms with van der Waals surface area (Å²) in [7, 11) is 0. The Balaban J connectivity index is 2.14. The quantitative estimate of drug-likeness (QED) is 0.880. The van der Waals surface area contributed by atoms with Gasteiger partial charge in [0.25, 0.3) is 11.8 Å². The maximum absolute atomic E-state index is 12.3. The van der Waals surface area contributed by atoms with Crippen LogP contribution >= 0.6 is 11.6 Å². The molecule has 0 fully saturated rings. The second-order valence-electron chi connectivity index (χ2n) is 5.18. The van der Waals surface area contributed by atoms with E-state index < -0.39 is 0 Å². The minimum Gasteiger partial charge on any atom is -0.350 e. The third-order valence-corrected chi connectivity index (χ3v) is 3.70. The lowest BCUT2D eigenvalue weighted by Gasteiger charge is -2.12. The Labute approximate surface area is 140 Å². The number of aromatic nitrogens is 1. The number of carbonyl (C=O) groups excluding carboxylic acids is 2. The van der Waals surface area contributed by atoms with Crippen LogP contribution < -0.4 is 10.6 Å². The minimum atomic E-state index is -0.371. The average molecular weight is 332 g/mol. The predicted molar refractivity (Wildman–Crippen MR) is 90.9 cm³/mol. The molecule has 0 radical (unpaired) electrons. The number of anilines is 1. The maximum atomic E-state index is 12.3. The van der Waals surface area contributed by atoms with Crippen molar-refractivity contribution in [1.82, 2.24) is 10.3 Å². The van der Waals surface area contributed by atoms with Crippen molar-refractivity contribution in [2.75, 3.05) is 5.32 Å². The van der Waals surface area contributed by atoms with E-state index in [9.17, 15) is 9.59 Å². The fraction of sp³-hybridized carbons (Fsp3) is 0.235. The molecule has 0 aliphatic carbocycles. The number of pyridine rings is 1. The van der Waals surface area contributed by atoms with Gasteiger partial charge in [-0.15, -0.1) is 0 Å². The highest BCUT2D eigenvalue weighted by Gasteiger charge is 2.13. The van der Waals surface area contributed by atoms with Crippen molar-refractivity contribution >= 4 is 29.1 Å². The van der Waals surface area contributed by atoms with Gasteiger partial charge >= 0.3 is 0 Å². The molecule has 0 aliphatic rings. The molecule has 2 rings (SSSR count). The summed E-state index contributed by atoms with van der Waals surface area (Å²) in [6.07, 6.45) is 3.67. The summed E-state index contributed by atoms with van der Waals surface area (Å²) in [5, 5.41) is 5.99. The van der Waals surface area contributed by atoms with Gasteiger partial charge in [0.15, 0.2) is 0 Å². The second-order valence-corrected chi connectivity index (χ2v) is 5.59. The lowest BCUT2D eigenvalue weighted by atomic mass is 10.1. The Morgan fingerprint density at radius 3 is 2.48 bits per heavy atom. The van der Waals surface area contributed by atoms with Gasteiger partial charge in [-0.2, -0.15) is 0 Å². The number of para-hydroxylation sites is 1. The average Bonchev–Trinajstić information content (AvgIpc) is 2.56. The summed E-state index contributed by atoms with van der Waals surface area (Å²) in [6, 6.07) is 8.51. The Morgan fingerprint density at radius 1 is 1.17 bits per heavy atom. The molecule has 1 heterocycles. The van der Waals surface area contributed by atoms with E-state index in [2.05, 4.69) is 15.6 Å². The van der Waals surface area contributed by atoms with E-state index in [1.165, 1.54) is 18.5 Å². The molecule has 1 aromatic heterocycles. The van der Waals surface area contributed by atoms with Gasteiger partial charge in [-0.05, 0) is 31.5 Å². The van der Waals surface area contributed by atoms with Gasteiger partial charge < -0.3 is 10.6 Å². The summed E-state index contributed by atoms with van der Waals surface area (Å²) < 4.78 is 0. The molecule has 1 atom stereocenters. The van der Waals surface area contributed by atoms with Gasteiger partial charge in [-0.3, -0.25) is 14.6 Å². The molecule has 0 saturated heterocycles.